The lowest BCUT2D eigenvalue weighted by molar-refractivity contribution is -0.141. The molecule has 9 heteroatoms. The second kappa shape index (κ2) is 9.16. The summed E-state index contributed by atoms with van der Waals surface area (Å²) in [7, 11) is 4.67. The Kier molecular flexibility index (Phi) is 6.52. The van der Waals surface area contributed by atoms with Gasteiger partial charge in [-0.1, -0.05) is 6.07 Å². The lowest BCUT2D eigenvalue weighted by Gasteiger charge is -2.22. The Labute approximate surface area is 197 Å². The number of benzene rings is 2. The van der Waals surface area contributed by atoms with Crippen LogP contribution in [0.25, 0.3) is 0 Å². The number of carbonyl (C=O) groups is 1. The largest absolute Gasteiger partial charge is 0.492 e. The maximum atomic E-state index is 12.6. The highest BCUT2D eigenvalue weighted by Gasteiger charge is 2.39. The van der Waals surface area contributed by atoms with E-state index in [0.29, 0.717) is 45.6 Å². The van der Waals surface area contributed by atoms with Gasteiger partial charge in [0.1, 0.15) is 0 Å². The van der Waals surface area contributed by atoms with Crippen LogP contribution in [0.4, 0.5) is 0 Å². The molecule has 0 saturated carbocycles. The van der Waals surface area contributed by atoms with E-state index in [0.717, 1.165) is 22.6 Å². The molecular formula is C22H22Br2O7. The lowest BCUT2D eigenvalue weighted by atomic mass is 9.85. The summed E-state index contributed by atoms with van der Waals surface area (Å²) < 4.78 is 34.3. The third-order valence-electron chi connectivity index (χ3n) is 5.62. The zero-order chi connectivity index (χ0) is 22.1. The molecule has 0 unspecified atom stereocenters. The van der Waals surface area contributed by atoms with E-state index in [1.54, 1.807) is 21.3 Å². The first-order chi connectivity index (χ1) is 15.0. The fraction of sp³-hybridized carbons (Fsp3) is 0.409. The van der Waals surface area contributed by atoms with Crippen molar-refractivity contribution >= 4 is 37.8 Å². The van der Waals surface area contributed by atoms with Crippen LogP contribution in [0.15, 0.2) is 27.1 Å². The Bertz CT molecular complexity index is 977. The van der Waals surface area contributed by atoms with Crippen molar-refractivity contribution in [2.24, 2.45) is 11.8 Å². The van der Waals surface area contributed by atoms with Crippen LogP contribution >= 0.6 is 31.9 Å². The summed E-state index contributed by atoms with van der Waals surface area (Å²) in [5, 5.41) is 0. The first-order valence-electron chi connectivity index (χ1n) is 9.69. The molecule has 0 amide bonds. The molecule has 7 nitrogen and oxygen atoms in total. The van der Waals surface area contributed by atoms with E-state index >= 15 is 0 Å². The molecule has 2 aromatic carbocycles. The summed E-state index contributed by atoms with van der Waals surface area (Å²) >= 11 is 7.24. The lowest BCUT2D eigenvalue weighted by Crippen LogP contribution is -2.21. The van der Waals surface area contributed by atoms with Gasteiger partial charge in [-0.15, -0.1) is 0 Å². The van der Waals surface area contributed by atoms with Gasteiger partial charge in [-0.05, 0) is 68.0 Å². The Hall–Kier alpha value is -2.13. The summed E-state index contributed by atoms with van der Waals surface area (Å²) in [5.74, 6) is 2.45. The first kappa shape index (κ1) is 22.1. The molecule has 1 fully saturated rings. The summed E-state index contributed by atoms with van der Waals surface area (Å²) in [6.07, 6.45) is 1.14. The minimum atomic E-state index is -0.319. The molecule has 1 saturated heterocycles. The van der Waals surface area contributed by atoms with Crippen LogP contribution in [0.5, 0.6) is 28.7 Å². The average Bonchev–Trinajstić information content (AvgIpc) is 3.37. The number of halogens is 2. The van der Waals surface area contributed by atoms with Crippen LogP contribution in [-0.2, 0) is 22.4 Å². The number of esters is 1. The van der Waals surface area contributed by atoms with Crippen LogP contribution in [0.3, 0.4) is 0 Å². The number of cyclic esters (lactones) is 1. The quantitative estimate of drug-likeness (QED) is 0.463. The Balaban J connectivity index is 1.63. The van der Waals surface area contributed by atoms with E-state index in [1.807, 2.05) is 18.2 Å². The van der Waals surface area contributed by atoms with E-state index in [-0.39, 0.29) is 24.6 Å². The van der Waals surface area contributed by atoms with Gasteiger partial charge in [0, 0.05) is 5.92 Å². The Morgan fingerprint density at radius 1 is 0.903 bits per heavy atom. The van der Waals surface area contributed by atoms with Crippen LogP contribution in [-0.4, -0.2) is 40.7 Å². The Morgan fingerprint density at radius 2 is 1.55 bits per heavy atom. The molecule has 2 aliphatic rings. The normalized spacial score (nSPS) is 19.3. The molecule has 0 radical (unpaired) electrons. The molecule has 2 atom stereocenters. The molecule has 4 rings (SSSR count). The van der Waals surface area contributed by atoms with Crippen LogP contribution in [0.2, 0.25) is 0 Å². The van der Waals surface area contributed by atoms with Crippen molar-refractivity contribution in [3.8, 4) is 28.7 Å². The number of rotatable bonds is 7. The second-order valence-corrected chi connectivity index (χ2v) is 8.88. The van der Waals surface area contributed by atoms with Crippen molar-refractivity contribution in [3.05, 3.63) is 38.3 Å². The summed E-state index contributed by atoms with van der Waals surface area (Å²) in [5.41, 5.74) is 1.93. The van der Waals surface area contributed by atoms with Crippen LogP contribution in [0, 0.1) is 11.8 Å². The number of ether oxygens (including phenoxy) is 6. The molecule has 0 spiro atoms. The van der Waals surface area contributed by atoms with E-state index in [9.17, 15) is 4.79 Å². The molecule has 2 heterocycles. The van der Waals surface area contributed by atoms with Gasteiger partial charge in [-0.3, -0.25) is 4.79 Å². The zero-order valence-electron chi connectivity index (χ0n) is 17.3. The van der Waals surface area contributed by atoms with Crippen molar-refractivity contribution < 1.29 is 33.2 Å². The van der Waals surface area contributed by atoms with Crippen molar-refractivity contribution in [3.63, 3.8) is 0 Å². The predicted molar refractivity (Wildman–Crippen MR) is 119 cm³/mol. The van der Waals surface area contributed by atoms with Gasteiger partial charge in [-0.25, -0.2) is 0 Å². The second-order valence-electron chi connectivity index (χ2n) is 7.30. The molecule has 31 heavy (non-hydrogen) atoms. The average molecular weight is 558 g/mol. The highest BCUT2D eigenvalue weighted by Crippen LogP contribution is 2.51. The zero-order valence-corrected chi connectivity index (χ0v) is 20.5. The minimum Gasteiger partial charge on any atom is -0.492 e. The van der Waals surface area contributed by atoms with Crippen molar-refractivity contribution in [1.29, 1.82) is 0 Å². The van der Waals surface area contributed by atoms with E-state index in [4.69, 9.17) is 28.4 Å². The van der Waals surface area contributed by atoms with Crippen LogP contribution in [0.1, 0.15) is 11.1 Å². The minimum absolute atomic E-state index is 0.0192. The standard InChI is InChI=1S/C22H22Br2O7/c1-26-19-17(23)14(18(24)20(27-2)21(19)28-3)8-13-12(9-29-22(13)25)6-11-4-5-15-16(7-11)31-10-30-15/h4-5,7,12-13H,6,8-10H2,1-3H3/t12-,13+/m0/s1. The monoisotopic (exact) mass is 556 g/mol. The van der Waals surface area contributed by atoms with Gasteiger partial charge in [-0.2, -0.15) is 0 Å². The van der Waals surface area contributed by atoms with Crippen molar-refractivity contribution in [1.82, 2.24) is 0 Å². The molecule has 0 bridgehead atoms. The summed E-state index contributed by atoms with van der Waals surface area (Å²) in [6, 6.07) is 5.86. The molecule has 0 aromatic heterocycles. The molecular weight excluding hydrogens is 536 g/mol. The van der Waals surface area contributed by atoms with Crippen LogP contribution < -0.4 is 23.7 Å². The van der Waals surface area contributed by atoms with Gasteiger partial charge in [0.25, 0.3) is 0 Å². The summed E-state index contributed by atoms with van der Waals surface area (Å²) in [4.78, 5) is 12.6. The van der Waals surface area contributed by atoms with Gasteiger partial charge < -0.3 is 28.4 Å². The Morgan fingerprint density at radius 3 is 2.19 bits per heavy atom. The predicted octanol–water partition coefficient (Wildman–Crippen LogP) is 4.54. The van der Waals surface area contributed by atoms with Crippen molar-refractivity contribution in [2.45, 2.75) is 12.8 Å². The maximum Gasteiger partial charge on any atom is 0.309 e. The van der Waals surface area contributed by atoms with Gasteiger partial charge in [0.05, 0.1) is 42.8 Å². The number of methoxy groups -OCH3 is 3. The van der Waals surface area contributed by atoms with Gasteiger partial charge in [0.15, 0.2) is 23.0 Å². The topological polar surface area (TPSA) is 72.5 Å². The third kappa shape index (κ3) is 4.05. The van der Waals surface area contributed by atoms with Gasteiger partial charge in [0.2, 0.25) is 12.5 Å². The fourth-order valence-corrected chi connectivity index (χ4v) is 5.72. The van der Waals surface area contributed by atoms with E-state index in [1.165, 1.54) is 0 Å². The maximum absolute atomic E-state index is 12.6. The van der Waals surface area contributed by atoms with E-state index < -0.39 is 0 Å². The number of hydrogen-bond donors (Lipinski definition) is 0. The third-order valence-corrected chi connectivity index (χ3v) is 7.30. The highest BCUT2D eigenvalue weighted by molar-refractivity contribution is 9.11. The van der Waals surface area contributed by atoms with E-state index in [2.05, 4.69) is 31.9 Å². The number of carbonyl (C=O) groups excluding carboxylic acids is 1. The first-order valence-corrected chi connectivity index (χ1v) is 11.3. The number of hydrogen-bond acceptors (Lipinski definition) is 7. The fourth-order valence-electron chi connectivity index (χ4n) is 4.05. The smallest absolute Gasteiger partial charge is 0.309 e. The SMILES string of the molecule is COc1c(Br)c(C[C@H]2C(=O)OC[C@@H]2Cc2ccc3c(c2)OCO3)c(Br)c(OC)c1OC. The van der Waals surface area contributed by atoms with Crippen molar-refractivity contribution in [2.75, 3.05) is 34.7 Å². The molecule has 2 aromatic rings. The molecule has 0 aliphatic carbocycles. The molecule has 2 aliphatic heterocycles. The highest BCUT2D eigenvalue weighted by atomic mass is 79.9. The molecule has 0 N–H and O–H groups in total. The summed E-state index contributed by atoms with van der Waals surface area (Å²) in [6.45, 7) is 0.604. The van der Waals surface area contributed by atoms with Gasteiger partial charge >= 0.3 is 5.97 Å². The molecule has 166 valence electrons. The number of fused-ring (bicyclic) bond motifs is 1.